The molecular formula is C11H25NO3. The Kier molecular flexibility index (Phi) is 13.7. The summed E-state index contributed by atoms with van der Waals surface area (Å²) in [5, 5.41) is 3.25. The van der Waals surface area contributed by atoms with E-state index >= 15 is 0 Å². The Hall–Kier alpha value is -0.160. The van der Waals surface area contributed by atoms with Gasteiger partial charge in [-0.05, 0) is 25.9 Å². The van der Waals surface area contributed by atoms with Crippen LogP contribution < -0.4 is 5.32 Å². The zero-order chi connectivity index (χ0) is 11.2. The molecule has 0 fully saturated rings. The van der Waals surface area contributed by atoms with Gasteiger partial charge < -0.3 is 19.5 Å². The van der Waals surface area contributed by atoms with Crippen LogP contribution >= 0.6 is 0 Å². The molecule has 0 saturated carbocycles. The summed E-state index contributed by atoms with van der Waals surface area (Å²) in [4.78, 5) is 0. The molecular weight excluding hydrogens is 194 g/mol. The van der Waals surface area contributed by atoms with E-state index in [2.05, 4.69) is 12.2 Å². The highest BCUT2D eigenvalue weighted by Gasteiger charge is 1.91. The zero-order valence-corrected chi connectivity index (χ0v) is 10.1. The van der Waals surface area contributed by atoms with Crippen molar-refractivity contribution in [3.8, 4) is 0 Å². The third-order valence-electron chi connectivity index (χ3n) is 1.90. The van der Waals surface area contributed by atoms with E-state index in [1.807, 2.05) is 0 Å². The molecule has 0 radical (unpaired) electrons. The minimum atomic E-state index is 0.670. The molecule has 0 amide bonds. The second-order valence-electron chi connectivity index (χ2n) is 3.28. The lowest BCUT2D eigenvalue weighted by atomic mass is 10.4. The SMILES string of the molecule is CCNCCCOCCCOCCOC. The summed E-state index contributed by atoms with van der Waals surface area (Å²) >= 11 is 0. The Labute approximate surface area is 93.3 Å². The van der Waals surface area contributed by atoms with Gasteiger partial charge in [-0.15, -0.1) is 0 Å². The molecule has 0 aliphatic heterocycles. The maximum absolute atomic E-state index is 5.44. The highest BCUT2D eigenvalue weighted by molar-refractivity contribution is 4.43. The molecule has 92 valence electrons. The van der Waals surface area contributed by atoms with Gasteiger partial charge in [0, 0.05) is 26.9 Å². The van der Waals surface area contributed by atoms with Gasteiger partial charge in [-0.3, -0.25) is 0 Å². The lowest BCUT2D eigenvalue weighted by molar-refractivity contribution is 0.0511. The molecule has 0 heterocycles. The molecule has 0 rings (SSSR count). The molecule has 0 bridgehead atoms. The van der Waals surface area contributed by atoms with E-state index < -0.39 is 0 Å². The molecule has 0 aliphatic rings. The smallest absolute Gasteiger partial charge is 0.0700 e. The van der Waals surface area contributed by atoms with Crippen LogP contribution in [0.2, 0.25) is 0 Å². The van der Waals surface area contributed by atoms with E-state index in [-0.39, 0.29) is 0 Å². The van der Waals surface area contributed by atoms with Crippen LogP contribution in [0.1, 0.15) is 19.8 Å². The zero-order valence-electron chi connectivity index (χ0n) is 10.1. The molecule has 0 aliphatic carbocycles. The number of methoxy groups -OCH3 is 1. The van der Waals surface area contributed by atoms with Crippen molar-refractivity contribution in [3.05, 3.63) is 0 Å². The third kappa shape index (κ3) is 13.8. The van der Waals surface area contributed by atoms with Crippen LogP contribution in [0.3, 0.4) is 0 Å². The number of rotatable bonds is 12. The average Bonchev–Trinajstić information content (AvgIpc) is 2.26. The fourth-order valence-corrected chi connectivity index (χ4v) is 1.09. The standard InChI is InChI=1S/C11H25NO3/c1-3-12-6-4-7-14-8-5-9-15-11-10-13-2/h12H,3-11H2,1-2H3. The number of hydrogen-bond donors (Lipinski definition) is 1. The summed E-state index contributed by atoms with van der Waals surface area (Å²) in [5.41, 5.74) is 0. The minimum Gasteiger partial charge on any atom is -0.382 e. The van der Waals surface area contributed by atoms with Crippen LogP contribution in [0.15, 0.2) is 0 Å². The van der Waals surface area contributed by atoms with Crippen LogP contribution in [0, 0.1) is 0 Å². The minimum absolute atomic E-state index is 0.670. The average molecular weight is 219 g/mol. The maximum Gasteiger partial charge on any atom is 0.0700 e. The van der Waals surface area contributed by atoms with Gasteiger partial charge in [-0.2, -0.15) is 0 Å². The van der Waals surface area contributed by atoms with E-state index in [0.29, 0.717) is 13.2 Å². The fourth-order valence-electron chi connectivity index (χ4n) is 1.09. The summed E-state index contributed by atoms with van der Waals surface area (Å²) in [7, 11) is 1.68. The highest BCUT2D eigenvalue weighted by Crippen LogP contribution is 1.87. The van der Waals surface area contributed by atoms with Crippen molar-refractivity contribution in [2.75, 3.05) is 53.2 Å². The Morgan fingerprint density at radius 1 is 0.867 bits per heavy atom. The summed E-state index contributed by atoms with van der Waals surface area (Å²) in [6, 6.07) is 0. The Morgan fingerprint density at radius 2 is 1.53 bits per heavy atom. The molecule has 0 atom stereocenters. The lowest BCUT2D eigenvalue weighted by Crippen LogP contribution is -2.16. The van der Waals surface area contributed by atoms with E-state index in [1.165, 1.54) is 0 Å². The van der Waals surface area contributed by atoms with E-state index in [1.54, 1.807) is 7.11 Å². The Bertz CT molecular complexity index is 100. The number of nitrogens with one attached hydrogen (secondary N) is 1. The van der Waals surface area contributed by atoms with E-state index in [0.717, 1.165) is 45.8 Å². The van der Waals surface area contributed by atoms with Crippen LogP contribution in [0.4, 0.5) is 0 Å². The molecule has 0 aromatic heterocycles. The van der Waals surface area contributed by atoms with Gasteiger partial charge in [0.15, 0.2) is 0 Å². The van der Waals surface area contributed by atoms with Crippen LogP contribution in [-0.2, 0) is 14.2 Å². The molecule has 0 spiro atoms. The van der Waals surface area contributed by atoms with Crippen molar-refractivity contribution in [1.82, 2.24) is 5.32 Å². The molecule has 0 aromatic carbocycles. The fraction of sp³-hybridized carbons (Fsp3) is 1.00. The summed E-state index contributed by atoms with van der Waals surface area (Å²) in [5.74, 6) is 0. The van der Waals surface area contributed by atoms with Crippen molar-refractivity contribution in [2.45, 2.75) is 19.8 Å². The van der Waals surface area contributed by atoms with E-state index in [9.17, 15) is 0 Å². The first-order valence-corrected chi connectivity index (χ1v) is 5.77. The molecule has 4 nitrogen and oxygen atoms in total. The number of ether oxygens (including phenoxy) is 3. The molecule has 1 N–H and O–H groups in total. The predicted molar refractivity (Wildman–Crippen MR) is 61.3 cm³/mol. The summed E-state index contributed by atoms with van der Waals surface area (Å²) in [6.45, 7) is 7.92. The monoisotopic (exact) mass is 219 g/mol. The predicted octanol–water partition coefficient (Wildman–Crippen LogP) is 1.06. The third-order valence-corrected chi connectivity index (χ3v) is 1.90. The van der Waals surface area contributed by atoms with Crippen LogP contribution in [0.25, 0.3) is 0 Å². The Balaban J connectivity index is 2.81. The topological polar surface area (TPSA) is 39.7 Å². The first kappa shape index (κ1) is 14.8. The lowest BCUT2D eigenvalue weighted by Gasteiger charge is -2.05. The van der Waals surface area contributed by atoms with Crippen molar-refractivity contribution >= 4 is 0 Å². The van der Waals surface area contributed by atoms with Crippen molar-refractivity contribution in [3.63, 3.8) is 0 Å². The van der Waals surface area contributed by atoms with Gasteiger partial charge in [-0.1, -0.05) is 6.92 Å². The number of hydrogen-bond acceptors (Lipinski definition) is 4. The van der Waals surface area contributed by atoms with Crippen molar-refractivity contribution in [1.29, 1.82) is 0 Å². The van der Waals surface area contributed by atoms with Gasteiger partial charge in [0.25, 0.3) is 0 Å². The van der Waals surface area contributed by atoms with E-state index in [4.69, 9.17) is 14.2 Å². The van der Waals surface area contributed by atoms with Crippen LogP contribution in [0.5, 0.6) is 0 Å². The van der Waals surface area contributed by atoms with Crippen molar-refractivity contribution < 1.29 is 14.2 Å². The molecule has 0 unspecified atom stereocenters. The maximum atomic E-state index is 5.44. The highest BCUT2D eigenvalue weighted by atomic mass is 16.5. The second-order valence-corrected chi connectivity index (χ2v) is 3.28. The quantitative estimate of drug-likeness (QED) is 0.498. The molecule has 4 heteroatoms. The largest absolute Gasteiger partial charge is 0.382 e. The first-order valence-electron chi connectivity index (χ1n) is 5.77. The van der Waals surface area contributed by atoms with Gasteiger partial charge in [0.2, 0.25) is 0 Å². The van der Waals surface area contributed by atoms with Gasteiger partial charge in [-0.25, -0.2) is 0 Å². The summed E-state index contributed by atoms with van der Waals surface area (Å²) in [6.07, 6.45) is 2.04. The second kappa shape index (κ2) is 13.8. The normalized spacial score (nSPS) is 10.8. The molecule has 0 saturated heterocycles. The Morgan fingerprint density at radius 3 is 2.20 bits per heavy atom. The van der Waals surface area contributed by atoms with Gasteiger partial charge >= 0.3 is 0 Å². The first-order chi connectivity index (χ1) is 7.41. The molecule has 0 aromatic rings. The van der Waals surface area contributed by atoms with Crippen LogP contribution in [-0.4, -0.2) is 53.2 Å². The summed E-state index contributed by atoms with van der Waals surface area (Å²) < 4.78 is 15.6. The van der Waals surface area contributed by atoms with Gasteiger partial charge in [0.1, 0.15) is 0 Å². The van der Waals surface area contributed by atoms with Gasteiger partial charge in [0.05, 0.1) is 13.2 Å². The van der Waals surface area contributed by atoms with Crippen molar-refractivity contribution in [2.24, 2.45) is 0 Å². The molecule has 15 heavy (non-hydrogen) atoms.